The second-order valence-electron chi connectivity index (χ2n) is 5.87. The Morgan fingerprint density at radius 1 is 0.762 bits per heavy atom. The topological polar surface area (TPSA) is 38.4 Å². The molecule has 3 nitrogen and oxygen atoms in total. The normalized spacial score (nSPS) is 12.2. The molecule has 0 N–H and O–H groups in total. The Bertz CT molecular complexity index is 611. The number of hydrogen-bond donors (Lipinski definition) is 0. The minimum atomic E-state index is 0.458. The molecule has 0 radical (unpaired) electrons. The fourth-order valence-electron chi connectivity index (χ4n) is 2.08. The summed E-state index contributed by atoms with van der Waals surface area (Å²) < 4.78 is 0. The van der Waals surface area contributed by atoms with Crippen molar-refractivity contribution in [1.29, 1.82) is 0 Å². The van der Waals surface area contributed by atoms with Crippen molar-refractivity contribution < 1.29 is 4.86 Å². The lowest BCUT2D eigenvalue weighted by Gasteiger charge is -2.06. The van der Waals surface area contributed by atoms with Gasteiger partial charge in [-0.3, -0.25) is 0 Å². The van der Waals surface area contributed by atoms with Crippen LogP contribution in [0.1, 0.15) is 50.7 Å². The highest BCUT2D eigenvalue weighted by Crippen LogP contribution is 2.22. The molecule has 2 aromatic rings. The van der Waals surface area contributed by atoms with Crippen LogP contribution in [0.4, 0.5) is 11.4 Å². The average Bonchev–Trinajstić information content (AvgIpc) is 2.47. The van der Waals surface area contributed by atoms with E-state index in [4.69, 9.17) is 0 Å². The largest absolute Gasteiger partial charge is 0.594 e. The van der Waals surface area contributed by atoms with Crippen molar-refractivity contribution in [1.82, 2.24) is 0 Å². The Morgan fingerprint density at radius 3 is 1.62 bits per heavy atom. The summed E-state index contributed by atoms with van der Waals surface area (Å²) in [7, 11) is 0. The third-order valence-corrected chi connectivity index (χ3v) is 3.55. The molecule has 0 spiro atoms. The first-order valence-corrected chi connectivity index (χ1v) is 7.36. The lowest BCUT2D eigenvalue weighted by molar-refractivity contribution is -0.435. The molecule has 0 fully saturated rings. The van der Waals surface area contributed by atoms with Crippen molar-refractivity contribution >= 4 is 11.4 Å². The van der Waals surface area contributed by atoms with Crippen molar-refractivity contribution in [3.05, 3.63) is 64.9 Å². The van der Waals surface area contributed by atoms with E-state index >= 15 is 0 Å². The second kappa shape index (κ2) is 6.53. The molecule has 21 heavy (non-hydrogen) atoms. The molecule has 2 aromatic carbocycles. The number of hydrogen-bond acceptors (Lipinski definition) is 2. The summed E-state index contributed by atoms with van der Waals surface area (Å²) in [5, 5.41) is 16.1. The van der Waals surface area contributed by atoms with Gasteiger partial charge in [-0.15, -0.1) is 0 Å². The Morgan fingerprint density at radius 2 is 1.19 bits per heavy atom. The zero-order valence-electron chi connectivity index (χ0n) is 13.1. The van der Waals surface area contributed by atoms with Crippen LogP contribution in [-0.4, -0.2) is 4.86 Å². The first-order chi connectivity index (χ1) is 9.97. The summed E-state index contributed by atoms with van der Waals surface area (Å²) in [5.41, 5.74) is 3.68. The van der Waals surface area contributed by atoms with Crippen LogP contribution in [0, 0.1) is 5.21 Å². The highest BCUT2D eigenvalue weighted by Gasteiger charge is 2.06. The first-order valence-electron chi connectivity index (χ1n) is 7.36. The summed E-state index contributed by atoms with van der Waals surface area (Å²) in [6.45, 7) is 8.54. The maximum Gasteiger partial charge on any atom is 0.244 e. The van der Waals surface area contributed by atoms with Gasteiger partial charge in [0.1, 0.15) is 5.69 Å². The van der Waals surface area contributed by atoms with Crippen molar-refractivity contribution in [2.45, 2.75) is 39.5 Å². The minimum Gasteiger partial charge on any atom is -0.594 e. The van der Waals surface area contributed by atoms with Gasteiger partial charge in [0.2, 0.25) is 5.69 Å². The summed E-state index contributed by atoms with van der Waals surface area (Å²) >= 11 is 0. The molecule has 0 amide bonds. The lowest BCUT2D eigenvalue weighted by atomic mass is 10.0. The van der Waals surface area contributed by atoms with E-state index in [2.05, 4.69) is 32.8 Å². The molecule has 0 aliphatic heterocycles. The molecule has 0 heterocycles. The first kappa shape index (κ1) is 15.2. The van der Waals surface area contributed by atoms with E-state index in [-0.39, 0.29) is 0 Å². The Labute approximate surface area is 126 Å². The summed E-state index contributed by atoms with van der Waals surface area (Å²) in [5.74, 6) is 0.936. The van der Waals surface area contributed by atoms with Crippen LogP contribution in [0.2, 0.25) is 0 Å². The molecule has 0 aromatic heterocycles. The fourth-order valence-corrected chi connectivity index (χ4v) is 2.08. The highest BCUT2D eigenvalue weighted by atomic mass is 16.5. The van der Waals surface area contributed by atoms with Crippen molar-refractivity contribution in [2.24, 2.45) is 5.11 Å². The molecule has 0 unspecified atom stereocenters. The molecule has 0 saturated heterocycles. The molecule has 0 saturated carbocycles. The molecular weight excluding hydrogens is 260 g/mol. The predicted octanol–water partition coefficient (Wildman–Crippen LogP) is 5.86. The van der Waals surface area contributed by atoms with Crippen LogP contribution >= 0.6 is 0 Å². The maximum absolute atomic E-state index is 12.1. The number of rotatable bonds is 4. The second-order valence-corrected chi connectivity index (χ2v) is 5.87. The van der Waals surface area contributed by atoms with Crippen LogP contribution in [0.25, 0.3) is 0 Å². The fraction of sp³-hybridized carbons (Fsp3) is 0.333. The Balaban J connectivity index is 2.19. The molecule has 110 valence electrons. The maximum atomic E-state index is 12.1. The van der Waals surface area contributed by atoms with E-state index in [0.29, 0.717) is 28.1 Å². The Hall–Kier alpha value is -2.16. The Kier molecular flexibility index (Phi) is 4.73. The van der Waals surface area contributed by atoms with E-state index < -0.39 is 0 Å². The summed E-state index contributed by atoms with van der Waals surface area (Å²) in [6, 6.07) is 15.4. The van der Waals surface area contributed by atoms with Gasteiger partial charge in [-0.25, -0.2) is 0 Å². The van der Waals surface area contributed by atoms with Gasteiger partial charge in [0, 0.05) is 17.2 Å². The van der Waals surface area contributed by atoms with Gasteiger partial charge in [0.15, 0.2) is 0 Å². The smallest absolute Gasteiger partial charge is 0.244 e. The average molecular weight is 282 g/mol. The SMILES string of the molecule is CC(C)c1ccc(N=[N+]([O-])c2ccc(C(C)C)cc2)cc1. The zero-order chi connectivity index (χ0) is 15.4. The van der Waals surface area contributed by atoms with Crippen molar-refractivity contribution in [2.75, 3.05) is 0 Å². The quantitative estimate of drug-likeness (QED) is 0.393. The molecular formula is C18H22N2O. The van der Waals surface area contributed by atoms with Crippen molar-refractivity contribution in [3.63, 3.8) is 0 Å². The van der Waals surface area contributed by atoms with E-state index in [9.17, 15) is 5.21 Å². The predicted molar refractivity (Wildman–Crippen MR) is 86.4 cm³/mol. The monoisotopic (exact) mass is 282 g/mol. The zero-order valence-corrected chi connectivity index (χ0v) is 13.1. The molecule has 0 aliphatic rings. The van der Waals surface area contributed by atoms with E-state index in [1.165, 1.54) is 11.1 Å². The third kappa shape index (κ3) is 3.91. The molecule has 0 bridgehead atoms. The van der Waals surface area contributed by atoms with Gasteiger partial charge in [-0.2, -0.15) is 0 Å². The van der Waals surface area contributed by atoms with Gasteiger partial charge < -0.3 is 5.21 Å². The molecule has 2 rings (SSSR count). The van der Waals surface area contributed by atoms with Crippen molar-refractivity contribution in [3.8, 4) is 0 Å². The van der Waals surface area contributed by atoms with Gasteiger partial charge in [-0.1, -0.05) is 56.8 Å². The van der Waals surface area contributed by atoms with E-state index in [1.807, 2.05) is 48.5 Å². The third-order valence-electron chi connectivity index (χ3n) is 3.55. The molecule has 0 atom stereocenters. The van der Waals surface area contributed by atoms with Crippen LogP contribution in [0.3, 0.4) is 0 Å². The number of azo groups is 1. The summed E-state index contributed by atoms with van der Waals surface area (Å²) in [6.07, 6.45) is 0. The highest BCUT2D eigenvalue weighted by molar-refractivity contribution is 5.39. The van der Waals surface area contributed by atoms with Crippen LogP contribution in [0.15, 0.2) is 53.6 Å². The summed E-state index contributed by atoms with van der Waals surface area (Å²) in [4.78, 5) is 0.675. The molecule has 3 heteroatoms. The van der Waals surface area contributed by atoms with Gasteiger partial charge in [0.25, 0.3) is 0 Å². The van der Waals surface area contributed by atoms with E-state index in [1.54, 1.807) is 0 Å². The van der Waals surface area contributed by atoms with Crippen LogP contribution in [0.5, 0.6) is 0 Å². The van der Waals surface area contributed by atoms with Gasteiger partial charge in [-0.05, 0) is 35.1 Å². The van der Waals surface area contributed by atoms with Crippen LogP contribution < -0.4 is 0 Å². The van der Waals surface area contributed by atoms with Crippen LogP contribution in [-0.2, 0) is 0 Å². The standard InChI is InChI=1S/C18H22N2O/c1-13(2)15-5-9-17(10-6-15)19-20(21)18-11-7-16(8-12-18)14(3)4/h5-14H,1-4H3. The van der Waals surface area contributed by atoms with E-state index in [0.717, 1.165) is 0 Å². The lowest BCUT2D eigenvalue weighted by Crippen LogP contribution is -1.92. The van der Waals surface area contributed by atoms with Gasteiger partial charge >= 0.3 is 0 Å². The minimum absolute atomic E-state index is 0.458. The number of benzene rings is 2. The number of nitrogens with zero attached hydrogens (tertiary/aromatic N) is 2. The van der Waals surface area contributed by atoms with Gasteiger partial charge in [0.05, 0.1) is 0 Å². The molecule has 0 aliphatic carbocycles.